The molecule has 1 aromatic carbocycles. The fourth-order valence-corrected chi connectivity index (χ4v) is 1.96. The largest absolute Gasteiger partial charge is 0.481 e. The molecule has 0 bridgehead atoms. The van der Waals surface area contributed by atoms with Crippen molar-refractivity contribution in [3.63, 3.8) is 0 Å². The third kappa shape index (κ3) is 4.24. The van der Waals surface area contributed by atoms with Gasteiger partial charge in [0.15, 0.2) is 0 Å². The van der Waals surface area contributed by atoms with Crippen molar-refractivity contribution in [3.8, 4) is 0 Å². The summed E-state index contributed by atoms with van der Waals surface area (Å²) in [5.41, 5.74) is 6.62. The summed E-state index contributed by atoms with van der Waals surface area (Å²) in [4.78, 5) is 22.9. The zero-order chi connectivity index (χ0) is 14.6. The number of nitrogens with two attached hydrogens (primary N) is 1. The smallest absolute Gasteiger partial charge is 0.308 e. The van der Waals surface area contributed by atoms with Crippen LogP contribution in [0.4, 0.5) is 5.69 Å². The summed E-state index contributed by atoms with van der Waals surface area (Å²) in [7, 11) is 0. The molecule has 1 atom stereocenters. The number of rotatable bonds is 5. The van der Waals surface area contributed by atoms with Gasteiger partial charge in [-0.3, -0.25) is 9.59 Å². The molecule has 0 heterocycles. The molecular formula is C13H17BrN2O3. The van der Waals surface area contributed by atoms with Gasteiger partial charge in [0.05, 0.1) is 5.92 Å². The highest BCUT2D eigenvalue weighted by atomic mass is 79.9. The van der Waals surface area contributed by atoms with Crippen molar-refractivity contribution in [2.45, 2.75) is 13.8 Å². The predicted molar refractivity (Wildman–Crippen MR) is 76.9 cm³/mol. The van der Waals surface area contributed by atoms with Crippen LogP contribution in [0.2, 0.25) is 0 Å². The van der Waals surface area contributed by atoms with Crippen LogP contribution in [0, 0.1) is 11.8 Å². The summed E-state index contributed by atoms with van der Waals surface area (Å²) in [5.74, 6) is -1.86. The van der Waals surface area contributed by atoms with Gasteiger partial charge in [-0.1, -0.05) is 13.8 Å². The zero-order valence-corrected chi connectivity index (χ0v) is 12.4. The number of carboxylic acid groups (broad SMARTS) is 1. The average Bonchev–Trinajstić information content (AvgIpc) is 2.31. The van der Waals surface area contributed by atoms with Crippen LogP contribution in [-0.2, 0) is 4.79 Å². The minimum Gasteiger partial charge on any atom is -0.481 e. The summed E-state index contributed by atoms with van der Waals surface area (Å²) in [6.45, 7) is 3.73. The Morgan fingerprint density at radius 1 is 1.42 bits per heavy atom. The topological polar surface area (TPSA) is 92.4 Å². The van der Waals surface area contributed by atoms with Gasteiger partial charge in [0.1, 0.15) is 0 Å². The van der Waals surface area contributed by atoms with Crippen molar-refractivity contribution in [2.24, 2.45) is 11.8 Å². The molecule has 0 aliphatic carbocycles. The number of anilines is 1. The average molecular weight is 329 g/mol. The van der Waals surface area contributed by atoms with Crippen LogP contribution in [0.1, 0.15) is 24.2 Å². The monoisotopic (exact) mass is 328 g/mol. The van der Waals surface area contributed by atoms with Gasteiger partial charge < -0.3 is 16.2 Å². The van der Waals surface area contributed by atoms with E-state index in [0.717, 1.165) is 0 Å². The molecule has 1 unspecified atom stereocenters. The van der Waals surface area contributed by atoms with Crippen molar-refractivity contribution < 1.29 is 14.7 Å². The second kappa shape index (κ2) is 6.56. The van der Waals surface area contributed by atoms with E-state index in [9.17, 15) is 9.59 Å². The fourth-order valence-electron chi connectivity index (χ4n) is 1.58. The number of nitrogen functional groups attached to an aromatic ring is 1. The lowest BCUT2D eigenvalue weighted by molar-refractivity contribution is -0.142. The molecule has 1 aromatic rings. The van der Waals surface area contributed by atoms with Crippen LogP contribution in [0.15, 0.2) is 22.7 Å². The summed E-state index contributed by atoms with van der Waals surface area (Å²) < 4.78 is 0.638. The number of aliphatic carboxylic acids is 1. The number of nitrogens with one attached hydrogen (secondary N) is 1. The number of carboxylic acids is 1. The SMILES string of the molecule is CC(C)C(CNC(=O)c1ccc(N)c(Br)c1)C(=O)O. The third-order valence-electron chi connectivity index (χ3n) is 2.87. The van der Waals surface area contributed by atoms with Crippen LogP contribution in [-0.4, -0.2) is 23.5 Å². The van der Waals surface area contributed by atoms with Gasteiger partial charge in [-0.25, -0.2) is 0 Å². The van der Waals surface area contributed by atoms with Crippen LogP contribution in [0.5, 0.6) is 0 Å². The second-order valence-electron chi connectivity index (χ2n) is 4.64. The lowest BCUT2D eigenvalue weighted by atomic mass is 9.96. The highest BCUT2D eigenvalue weighted by Crippen LogP contribution is 2.20. The summed E-state index contributed by atoms with van der Waals surface area (Å²) >= 11 is 3.24. The Kier molecular flexibility index (Phi) is 5.35. The standard InChI is InChI=1S/C13H17BrN2O3/c1-7(2)9(13(18)19)6-16-12(17)8-3-4-11(15)10(14)5-8/h3-5,7,9H,6,15H2,1-2H3,(H,16,17)(H,18,19). The Hall–Kier alpha value is -1.56. The minimum absolute atomic E-state index is 0.0454. The van der Waals surface area contributed by atoms with Crippen molar-refractivity contribution >= 4 is 33.5 Å². The van der Waals surface area contributed by atoms with E-state index in [2.05, 4.69) is 21.2 Å². The molecule has 0 aromatic heterocycles. The highest BCUT2D eigenvalue weighted by Gasteiger charge is 2.22. The first kappa shape index (κ1) is 15.5. The van der Waals surface area contributed by atoms with E-state index in [4.69, 9.17) is 10.8 Å². The van der Waals surface area contributed by atoms with Crippen molar-refractivity contribution in [2.75, 3.05) is 12.3 Å². The first-order valence-electron chi connectivity index (χ1n) is 5.89. The van der Waals surface area contributed by atoms with E-state index >= 15 is 0 Å². The van der Waals surface area contributed by atoms with Crippen LogP contribution in [0.3, 0.4) is 0 Å². The summed E-state index contributed by atoms with van der Waals surface area (Å²) in [6, 6.07) is 4.83. The molecule has 1 amide bonds. The molecular weight excluding hydrogens is 312 g/mol. The lowest BCUT2D eigenvalue weighted by Gasteiger charge is -2.16. The number of hydrogen-bond donors (Lipinski definition) is 3. The maximum Gasteiger partial charge on any atom is 0.308 e. The van der Waals surface area contributed by atoms with E-state index < -0.39 is 11.9 Å². The van der Waals surface area contributed by atoms with Crippen LogP contribution in [0.25, 0.3) is 0 Å². The van der Waals surface area contributed by atoms with Gasteiger partial charge in [-0.2, -0.15) is 0 Å². The van der Waals surface area contributed by atoms with Gasteiger partial charge in [-0.15, -0.1) is 0 Å². The van der Waals surface area contributed by atoms with Gasteiger partial charge in [0.25, 0.3) is 5.91 Å². The number of carbonyl (C=O) groups is 2. The Balaban J connectivity index is 2.69. The van der Waals surface area contributed by atoms with Crippen LogP contribution < -0.4 is 11.1 Å². The molecule has 19 heavy (non-hydrogen) atoms. The molecule has 0 fully saturated rings. The molecule has 6 heteroatoms. The quantitative estimate of drug-likeness (QED) is 0.722. The first-order chi connectivity index (χ1) is 8.82. The number of amides is 1. The molecule has 0 aliphatic heterocycles. The number of carbonyl (C=O) groups excluding carboxylic acids is 1. The van der Waals surface area contributed by atoms with Crippen molar-refractivity contribution in [1.29, 1.82) is 0 Å². The molecule has 104 valence electrons. The minimum atomic E-state index is -0.909. The molecule has 0 aliphatic rings. The van der Waals surface area contributed by atoms with Crippen LogP contribution >= 0.6 is 15.9 Å². The van der Waals surface area contributed by atoms with Gasteiger partial charge >= 0.3 is 5.97 Å². The zero-order valence-electron chi connectivity index (χ0n) is 10.8. The molecule has 0 saturated heterocycles. The van der Waals surface area contributed by atoms with Gasteiger partial charge in [0.2, 0.25) is 0 Å². The fraction of sp³-hybridized carbons (Fsp3) is 0.385. The van der Waals surface area contributed by atoms with E-state index in [1.807, 2.05) is 13.8 Å². The lowest BCUT2D eigenvalue weighted by Crippen LogP contribution is -2.35. The molecule has 4 N–H and O–H groups in total. The molecule has 0 saturated carbocycles. The number of halogens is 1. The van der Waals surface area contributed by atoms with Crippen molar-refractivity contribution in [3.05, 3.63) is 28.2 Å². The Morgan fingerprint density at radius 3 is 2.53 bits per heavy atom. The van der Waals surface area contributed by atoms with E-state index in [0.29, 0.717) is 15.7 Å². The van der Waals surface area contributed by atoms with E-state index in [1.54, 1.807) is 18.2 Å². The Bertz CT molecular complexity index is 489. The maximum absolute atomic E-state index is 11.9. The maximum atomic E-state index is 11.9. The van der Waals surface area contributed by atoms with Crippen molar-refractivity contribution in [1.82, 2.24) is 5.32 Å². The summed E-state index contributed by atoms with van der Waals surface area (Å²) in [6.07, 6.45) is 0. The second-order valence-corrected chi connectivity index (χ2v) is 5.49. The highest BCUT2D eigenvalue weighted by molar-refractivity contribution is 9.10. The molecule has 1 rings (SSSR count). The Morgan fingerprint density at radius 2 is 2.05 bits per heavy atom. The summed E-state index contributed by atoms with van der Waals surface area (Å²) in [5, 5.41) is 11.7. The molecule has 0 radical (unpaired) electrons. The first-order valence-corrected chi connectivity index (χ1v) is 6.68. The van der Waals surface area contributed by atoms with E-state index in [1.165, 1.54) is 0 Å². The predicted octanol–water partition coefficient (Wildman–Crippen LogP) is 2.12. The molecule has 0 spiro atoms. The Labute approximate surface area is 120 Å². The van der Waals surface area contributed by atoms with Gasteiger partial charge in [-0.05, 0) is 40.0 Å². The normalized spacial score (nSPS) is 12.2. The number of benzene rings is 1. The molecule has 5 nitrogen and oxygen atoms in total. The number of hydrogen-bond acceptors (Lipinski definition) is 3. The third-order valence-corrected chi connectivity index (χ3v) is 3.55. The van der Waals surface area contributed by atoms with E-state index in [-0.39, 0.29) is 18.4 Å². The van der Waals surface area contributed by atoms with Gasteiger partial charge in [0, 0.05) is 22.3 Å².